The van der Waals surface area contributed by atoms with Crippen LogP contribution in [0.1, 0.15) is 0 Å². The van der Waals surface area contributed by atoms with E-state index in [1.54, 1.807) is 0 Å². The van der Waals surface area contributed by atoms with Gasteiger partial charge in [-0.1, -0.05) is 0 Å². The van der Waals surface area contributed by atoms with Crippen molar-refractivity contribution >= 4 is 12.0 Å². The van der Waals surface area contributed by atoms with E-state index in [-0.39, 0.29) is 12.6 Å². The number of aliphatic carboxylic acids is 1. The number of hydrogen-bond acceptors (Lipinski definition) is 3. The third-order valence-corrected chi connectivity index (χ3v) is 1.91. The maximum absolute atomic E-state index is 11.1. The van der Waals surface area contributed by atoms with E-state index < -0.39 is 12.0 Å². The molecule has 6 nitrogen and oxygen atoms in total. The molecule has 1 heterocycles. The molecule has 13 heavy (non-hydrogen) atoms. The zero-order valence-corrected chi connectivity index (χ0v) is 7.32. The Bertz CT molecular complexity index is 219. The Balaban J connectivity index is 2.55. The first-order valence-electron chi connectivity index (χ1n) is 3.93. The van der Waals surface area contributed by atoms with Gasteiger partial charge in [-0.2, -0.15) is 0 Å². The van der Waals surface area contributed by atoms with Crippen molar-refractivity contribution in [3.63, 3.8) is 0 Å². The highest BCUT2D eigenvalue weighted by Crippen LogP contribution is 2.06. The van der Waals surface area contributed by atoms with E-state index in [1.165, 1.54) is 12.0 Å². The molecular weight excluding hydrogens is 176 g/mol. The standard InChI is InChI=1S/C7H12N2O4/c1-13-3-2-9-5(6(10)11)4-8-7(9)12/h5H,2-4H2,1H3,(H,8,12)(H,10,11). The SMILES string of the molecule is COCCN1C(=O)NCC1C(=O)O. The topological polar surface area (TPSA) is 78.9 Å². The van der Waals surface area contributed by atoms with Crippen LogP contribution in [0.3, 0.4) is 0 Å². The predicted molar refractivity (Wildman–Crippen MR) is 43.4 cm³/mol. The molecule has 0 aromatic carbocycles. The monoisotopic (exact) mass is 188 g/mol. The molecule has 1 atom stereocenters. The van der Waals surface area contributed by atoms with Crippen molar-refractivity contribution in [2.24, 2.45) is 0 Å². The van der Waals surface area contributed by atoms with Gasteiger partial charge in [0.15, 0.2) is 0 Å². The van der Waals surface area contributed by atoms with Crippen LogP contribution >= 0.6 is 0 Å². The quantitative estimate of drug-likeness (QED) is 0.600. The summed E-state index contributed by atoms with van der Waals surface area (Å²) in [6.45, 7) is 0.814. The molecule has 1 fully saturated rings. The van der Waals surface area contributed by atoms with Crippen LogP contribution in [-0.2, 0) is 9.53 Å². The molecule has 2 amide bonds. The minimum Gasteiger partial charge on any atom is -0.480 e. The van der Waals surface area contributed by atoms with E-state index in [0.717, 1.165) is 0 Å². The third-order valence-electron chi connectivity index (χ3n) is 1.91. The molecule has 0 saturated carbocycles. The summed E-state index contributed by atoms with van der Waals surface area (Å²) in [5, 5.41) is 11.2. The smallest absolute Gasteiger partial charge is 0.328 e. The van der Waals surface area contributed by atoms with Gasteiger partial charge in [-0.15, -0.1) is 0 Å². The number of carbonyl (C=O) groups excluding carboxylic acids is 1. The minimum absolute atomic E-state index is 0.165. The van der Waals surface area contributed by atoms with Gasteiger partial charge in [0.25, 0.3) is 0 Å². The van der Waals surface area contributed by atoms with E-state index in [4.69, 9.17) is 9.84 Å². The number of ether oxygens (including phenoxy) is 1. The molecule has 74 valence electrons. The molecule has 0 bridgehead atoms. The molecule has 0 aliphatic carbocycles. The molecule has 6 heteroatoms. The lowest BCUT2D eigenvalue weighted by atomic mass is 10.3. The minimum atomic E-state index is -0.991. The van der Waals surface area contributed by atoms with Crippen LogP contribution in [0.2, 0.25) is 0 Å². The molecular formula is C7H12N2O4. The number of carbonyl (C=O) groups is 2. The molecule has 2 N–H and O–H groups in total. The molecule has 1 unspecified atom stereocenters. The van der Waals surface area contributed by atoms with Gasteiger partial charge in [0.05, 0.1) is 13.2 Å². The molecule has 0 spiro atoms. The summed E-state index contributed by atoms with van der Waals surface area (Å²) in [7, 11) is 1.50. The van der Waals surface area contributed by atoms with Gasteiger partial charge in [-0.3, -0.25) is 0 Å². The summed E-state index contributed by atoms with van der Waals surface area (Å²) < 4.78 is 4.77. The second-order valence-corrected chi connectivity index (χ2v) is 2.73. The largest absolute Gasteiger partial charge is 0.480 e. The predicted octanol–water partition coefficient (Wildman–Crippen LogP) is -0.889. The molecule has 0 aromatic heterocycles. The number of nitrogens with one attached hydrogen (secondary N) is 1. The Morgan fingerprint density at radius 2 is 2.54 bits per heavy atom. The van der Waals surface area contributed by atoms with Crippen LogP contribution in [0, 0.1) is 0 Å². The van der Waals surface area contributed by atoms with Gasteiger partial charge >= 0.3 is 12.0 Å². The summed E-state index contributed by atoms with van der Waals surface area (Å²) >= 11 is 0. The van der Waals surface area contributed by atoms with Crippen molar-refractivity contribution in [3.8, 4) is 0 Å². The molecule has 1 aliphatic heterocycles. The summed E-state index contributed by atoms with van der Waals surface area (Å²) in [6.07, 6.45) is 0. The first kappa shape index (κ1) is 9.79. The summed E-state index contributed by atoms with van der Waals surface area (Å²) in [5.41, 5.74) is 0. The Kier molecular flexibility index (Phi) is 3.07. The summed E-state index contributed by atoms with van der Waals surface area (Å²) in [4.78, 5) is 23.0. The van der Waals surface area contributed by atoms with Gasteiger partial charge in [0, 0.05) is 13.7 Å². The second kappa shape index (κ2) is 4.08. The van der Waals surface area contributed by atoms with Crippen molar-refractivity contribution in [1.82, 2.24) is 10.2 Å². The van der Waals surface area contributed by atoms with Crippen molar-refractivity contribution in [1.29, 1.82) is 0 Å². The normalized spacial score (nSPS) is 21.8. The molecule has 1 saturated heterocycles. The highest BCUT2D eigenvalue weighted by molar-refractivity contribution is 5.86. The lowest BCUT2D eigenvalue weighted by molar-refractivity contribution is -0.141. The highest BCUT2D eigenvalue weighted by Gasteiger charge is 2.35. The number of rotatable bonds is 4. The first-order valence-corrected chi connectivity index (χ1v) is 3.93. The average Bonchev–Trinajstić information content (AvgIpc) is 2.43. The highest BCUT2D eigenvalue weighted by atomic mass is 16.5. The number of methoxy groups -OCH3 is 1. The van der Waals surface area contributed by atoms with E-state index in [9.17, 15) is 9.59 Å². The number of hydrogen-bond donors (Lipinski definition) is 2. The van der Waals surface area contributed by atoms with Crippen LogP contribution in [0.5, 0.6) is 0 Å². The molecule has 0 aromatic rings. The van der Waals surface area contributed by atoms with Crippen molar-refractivity contribution in [3.05, 3.63) is 0 Å². The number of nitrogens with zero attached hydrogens (tertiary/aromatic N) is 1. The van der Waals surface area contributed by atoms with Crippen LogP contribution in [-0.4, -0.2) is 54.9 Å². The number of carboxylic acid groups (broad SMARTS) is 1. The Hall–Kier alpha value is -1.30. The second-order valence-electron chi connectivity index (χ2n) is 2.73. The summed E-state index contributed by atoms with van der Waals surface area (Å²) in [5.74, 6) is -0.991. The van der Waals surface area contributed by atoms with Gasteiger partial charge in [-0.05, 0) is 0 Å². The maximum atomic E-state index is 11.1. The van der Waals surface area contributed by atoms with Crippen LogP contribution in [0.4, 0.5) is 4.79 Å². The fourth-order valence-electron chi connectivity index (χ4n) is 1.20. The zero-order valence-electron chi connectivity index (χ0n) is 7.32. The van der Waals surface area contributed by atoms with Crippen molar-refractivity contribution in [2.75, 3.05) is 26.8 Å². The third kappa shape index (κ3) is 2.09. The van der Waals surface area contributed by atoms with Crippen LogP contribution in [0.15, 0.2) is 0 Å². The van der Waals surface area contributed by atoms with Gasteiger partial charge < -0.3 is 20.1 Å². The Morgan fingerprint density at radius 3 is 3.08 bits per heavy atom. The van der Waals surface area contributed by atoms with E-state index in [2.05, 4.69) is 5.32 Å². The molecule has 1 rings (SSSR count). The van der Waals surface area contributed by atoms with E-state index in [0.29, 0.717) is 13.2 Å². The lowest BCUT2D eigenvalue weighted by Gasteiger charge is -2.18. The Labute approximate surface area is 75.5 Å². The van der Waals surface area contributed by atoms with Crippen LogP contribution in [0.25, 0.3) is 0 Å². The molecule has 1 aliphatic rings. The van der Waals surface area contributed by atoms with E-state index >= 15 is 0 Å². The van der Waals surface area contributed by atoms with E-state index in [1.807, 2.05) is 0 Å². The summed E-state index contributed by atoms with van der Waals surface area (Å²) in [6, 6.07) is -1.10. The van der Waals surface area contributed by atoms with Crippen molar-refractivity contribution in [2.45, 2.75) is 6.04 Å². The average molecular weight is 188 g/mol. The fourth-order valence-corrected chi connectivity index (χ4v) is 1.20. The van der Waals surface area contributed by atoms with Gasteiger partial charge in [0.2, 0.25) is 0 Å². The lowest BCUT2D eigenvalue weighted by Crippen LogP contribution is -2.41. The Morgan fingerprint density at radius 1 is 1.85 bits per heavy atom. The molecule has 0 radical (unpaired) electrons. The number of amides is 2. The van der Waals surface area contributed by atoms with Gasteiger partial charge in [0.1, 0.15) is 6.04 Å². The fraction of sp³-hybridized carbons (Fsp3) is 0.714. The van der Waals surface area contributed by atoms with Gasteiger partial charge in [-0.25, -0.2) is 9.59 Å². The number of urea groups is 1. The van der Waals surface area contributed by atoms with Crippen LogP contribution < -0.4 is 5.32 Å². The van der Waals surface area contributed by atoms with Crippen molar-refractivity contribution < 1.29 is 19.4 Å². The maximum Gasteiger partial charge on any atom is 0.328 e. The zero-order chi connectivity index (χ0) is 9.84. The number of carboxylic acids is 1. The first-order chi connectivity index (χ1) is 6.16.